The molecule has 0 unspecified atom stereocenters. The summed E-state index contributed by atoms with van der Waals surface area (Å²) in [5.74, 6) is 1.18. The lowest BCUT2D eigenvalue weighted by Gasteiger charge is -2.14. The number of nitriles is 1. The highest BCUT2D eigenvalue weighted by Gasteiger charge is 2.31. The van der Waals surface area contributed by atoms with Gasteiger partial charge >= 0.3 is 0 Å². The molecule has 2 aromatic carbocycles. The third-order valence-corrected chi connectivity index (χ3v) is 5.92. The number of thioether (sulfide) groups is 1. The zero-order chi connectivity index (χ0) is 20.2. The smallest absolute Gasteiger partial charge is 0.266 e. The van der Waals surface area contributed by atoms with Crippen LogP contribution in [0.25, 0.3) is 17.4 Å². The fourth-order valence-electron chi connectivity index (χ4n) is 3.00. The van der Waals surface area contributed by atoms with Gasteiger partial charge < -0.3 is 4.42 Å². The number of amides is 1. The van der Waals surface area contributed by atoms with E-state index in [1.165, 1.54) is 17.3 Å². The fraction of sp³-hybridized carbons (Fsp3) is 0.0870. The first kappa shape index (κ1) is 19.2. The van der Waals surface area contributed by atoms with Crippen LogP contribution in [0.15, 0.2) is 76.1 Å². The molecule has 1 aliphatic heterocycles. The Kier molecular flexibility index (Phi) is 5.61. The van der Waals surface area contributed by atoms with Gasteiger partial charge in [-0.3, -0.25) is 9.69 Å². The van der Waals surface area contributed by atoms with Gasteiger partial charge in [-0.15, -0.1) is 0 Å². The second-order valence-corrected chi connectivity index (χ2v) is 8.14. The number of thiocarbonyl (C=S) groups is 1. The number of rotatable bonds is 5. The highest BCUT2D eigenvalue weighted by Crippen LogP contribution is 2.33. The summed E-state index contributed by atoms with van der Waals surface area (Å²) in [6.45, 7) is 0.556. The lowest BCUT2D eigenvalue weighted by atomic mass is 10.1. The monoisotopic (exact) mass is 416 g/mol. The number of furan rings is 1. The molecular weight excluding hydrogens is 400 g/mol. The van der Waals surface area contributed by atoms with Crippen molar-refractivity contribution in [1.82, 2.24) is 4.90 Å². The molecule has 1 fully saturated rings. The van der Waals surface area contributed by atoms with Crippen LogP contribution in [0.4, 0.5) is 0 Å². The van der Waals surface area contributed by atoms with Crippen molar-refractivity contribution in [2.75, 3.05) is 6.54 Å². The number of hydrogen-bond acceptors (Lipinski definition) is 5. The maximum atomic E-state index is 12.8. The second kappa shape index (κ2) is 8.48. The largest absolute Gasteiger partial charge is 0.457 e. The van der Waals surface area contributed by atoms with E-state index in [4.69, 9.17) is 21.9 Å². The molecule has 0 bridgehead atoms. The number of nitrogens with zero attached hydrogens (tertiary/aromatic N) is 2. The molecule has 1 aliphatic rings. The summed E-state index contributed by atoms with van der Waals surface area (Å²) in [7, 11) is 0. The zero-order valence-corrected chi connectivity index (χ0v) is 17.0. The van der Waals surface area contributed by atoms with Crippen molar-refractivity contribution < 1.29 is 9.21 Å². The molecule has 0 spiro atoms. The Morgan fingerprint density at radius 2 is 1.83 bits per heavy atom. The summed E-state index contributed by atoms with van der Waals surface area (Å²) in [4.78, 5) is 15.0. The van der Waals surface area contributed by atoms with Crippen molar-refractivity contribution in [3.63, 3.8) is 0 Å². The highest BCUT2D eigenvalue weighted by atomic mass is 32.2. The van der Waals surface area contributed by atoms with E-state index >= 15 is 0 Å². The first-order valence-corrected chi connectivity index (χ1v) is 10.3. The molecule has 4 nitrogen and oxygen atoms in total. The van der Waals surface area contributed by atoms with Crippen LogP contribution < -0.4 is 0 Å². The topological polar surface area (TPSA) is 57.2 Å². The van der Waals surface area contributed by atoms with Gasteiger partial charge in [-0.05, 0) is 48.4 Å². The average Bonchev–Trinajstić information content (AvgIpc) is 3.32. The Morgan fingerprint density at radius 3 is 2.55 bits per heavy atom. The molecule has 142 valence electrons. The lowest BCUT2D eigenvalue weighted by molar-refractivity contribution is -0.122. The molecule has 2 heterocycles. The summed E-state index contributed by atoms with van der Waals surface area (Å²) in [6, 6.07) is 23.0. The molecule has 1 amide bonds. The van der Waals surface area contributed by atoms with Crippen LogP contribution >= 0.6 is 24.0 Å². The number of carbonyl (C=O) groups is 1. The van der Waals surface area contributed by atoms with E-state index < -0.39 is 0 Å². The molecule has 1 saturated heterocycles. The van der Waals surface area contributed by atoms with Crippen molar-refractivity contribution in [3.8, 4) is 17.4 Å². The van der Waals surface area contributed by atoms with Crippen LogP contribution in [0.5, 0.6) is 0 Å². The molecule has 0 atom stereocenters. The molecule has 3 aromatic rings. The predicted molar refractivity (Wildman–Crippen MR) is 119 cm³/mol. The van der Waals surface area contributed by atoms with Crippen LogP contribution in [0, 0.1) is 11.3 Å². The van der Waals surface area contributed by atoms with Gasteiger partial charge in [0.05, 0.1) is 16.5 Å². The van der Waals surface area contributed by atoms with E-state index in [0.29, 0.717) is 32.9 Å². The molecule has 4 rings (SSSR count). The molecule has 0 aliphatic carbocycles. The van der Waals surface area contributed by atoms with Gasteiger partial charge in [0.15, 0.2) is 0 Å². The van der Waals surface area contributed by atoms with Crippen LogP contribution in [0.3, 0.4) is 0 Å². The molecule has 0 saturated carbocycles. The molecule has 1 aromatic heterocycles. The van der Waals surface area contributed by atoms with Crippen LogP contribution in [0.1, 0.15) is 16.9 Å². The van der Waals surface area contributed by atoms with E-state index in [0.717, 1.165) is 12.0 Å². The van der Waals surface area contributed by atoms with Crippen LogP contribution in [0.2, 0.25) is 0 Å². The summed E-state index contributed by atoms with van der Waals surface area (Å²) < 4.78 is 6.43. The third kappa shape index (κ3) is 4.32. The van der Waals surface area contributed by atoms with Gasteiger partial charge in [0.2, 0.25) is 0 Å². The van der Waals surface area contributed by atoms with E-state index in [2.05, 4.69) is 6.07 Å². The van der Waals surface area contributed by atoms with Crippen molar-refractivity contribution in [1.29, 1.82) is 5.26 Å². The van der Waals surface area contributed by atoms with Gasteiger partial charge in [-0.1, -0.05) is 54.3 Å². The summed E-state index contributed by atoms with van der Waals surface area (Å²) in [6.07, 6.45) is 2.49. The predicted octanol–water partition coefficient (Wildman–Crippen LogP) is 5.26. The van der Waals surface area contributed by atoms with Crippen molar-refractivity contribution >= 4 is 40.3 Å². The average molecular weight is 417 g/mol. The van der Waals surface area contributed by atoms with Gasteiger partial charge in [0.1, 0.15) is 15.8 Å². The van der Waals surface area contributed by atoms with Crippen LogP contribution in [-0.4, -0.2) is 21.7 Å². The number of carbonyl (C=O) groups excluding carboxylic acids is 1. The fourth-order valence-corrected chi connectivity index (χ4v) is 4.29. The second-order valence-electron chi connectivity index (χ2n) is 6.46. The quantitative estimate of drug-likeness (QED) is 0.419. The van der Waals surface area contributed by atoms with E-state index in [1.807, 2.05) is 54.6 Å². The first-order chi connectivity index (χ1) is 14.1. The van der Waals surface area contributed by atoms with Crippen molar-refractivity contribution in [2.45, 2.75) is 6.42 Å². The summed E-state index contributed by atoms with van der Waals surface area (Å²) in [5, 5.41) is 8.90. The first-order valence-electron chi connectivity index (χ1n) is 9.04. The molecule has 0 radical (unpaired) electrons. The van der Waals surface area contributed by atoms with Gasteiger partial charge in [-0.2, -0.15) is 5.26 Å². The van der Waals surface area contributed by atoms with Gasteiger partial charge in [-0.25, -0.2) is 0 Å². The van der Waals surface area contributed by atoms with Crippen molar-refractivity contribution in [3.05, 3.63) is 88.5 Å². The summed E-state index contributed by atoms with van der Waals surface area (Å²) in [5.41, 5.74) is 2.64. The minimum Gasteiger partial charge on any atom is -0.457 e. The molecule has 29 heavy (non-hydrogen) atoms. The van der Waals surface area contributed by atoms with Gasteiger partial charge in [0.25, 0.3) is 5.91 Å². The van der Waals surface area contributed by atoms with Crippen LogP contribution in [-0.2, 0) is 11.2 Å². The summed E-state index contributed by atoms with van der Waals surface area (Å²) >= 11 is 6.70. The molecular formula is C23H16N2O2S2. The maximum Gasteiger partial charge on any atom is 0.266 e. The maximum absolute atomic E-state index is 12.8. The Labute approximate surface area is 178 Å². The van der Waals surface area contributed by atoms with E-state index in [-0.39, 0.29) is 5.91 Å². The normalized spacial score (nSPS) is 15.1. The van der Waals surface area contributed by atoms with E-state index in [9.17, 15) is 4.79 Å². The molecule has 0 N–H and O–H groups in total. The minimum absolute atomic E-state index is 0.0905. The number of hydrogen-bond donors (Lipinski definition) is 0. The van der Waals surface area contributed by atoms with Gasteiger partial charge in [0, 0.05) is 18.2 Å². The Hall–Kier alpha value is -3.14. The SMILES string of the molecule is N#Cc1ccc(-c2ccc(C=C3SC(=S)N(CCc4ccccc4)C3=O)o2)cc1. The van der Waals surface area contributed by atoms with Crippen molar-refractivity contribution in [2.24, 2.45) is 0 Å². The Morgan fingerprint density at radius 1 is 1.07 bits per heavy atom. The lowest BCUT2D eigenvalue weighted by Crippen LogP contribution is -2.30. The standard InChI is InChI=1S/C23H16N2O2S2/c24-15-17-6-8-18(9-7-17)20-11-10-19(27-20)14-21-22(26)25(23(28)29-21)13-12-16-4-2-1-3-5-16/h1-11,14H,12-13H2. The third-order valence-electron chi connectivity index (χ3n) is 4.54. The zero-order valence-electron chi connectivity index (χ0n) is 15.4. The van der Waals surface area contributed by atoms with E-state index in [1.54, 1.807) is 23.1 Å². The number of benzene rings is 2. The molecule has 6 heteroatoms. The highest BCUT2D eigenvalue weighted by molar-refractivity contribution is 8.26. The Balaban J connectivity index is 1.47. The minimum atomic E-state index is -0.0905. The Bertz CT molecular complexity index is 1130.